The molecule has 2 rings (SSSR count). The van der Waals surface area contributed by atoms with Crippen LogP contribution in [0.1, 0.15) is 24.5 Å². The number of methoxy groups -OCH3 is 1. The summed E-state index contributed by atoms with van der Waals surface area (Å²) in [4.78, 5) is 24.4. The summed E-state index contributed by atoms with van der Waals surface area (Å²) in [5.74, 6) is 0.0832. The molecule has 0 saturated carbocycles. The van der Waals surface area contributed by atoms with Crippen LogP contribution in [0.4, 0.5) is 10.5 Å². The molecule has 1 aliphatic rings. The molecule has 1 aromatic carbocycles. The van der Waals surface area contributed by atoms with Crippen molar-refractivity contribution in [2.45, 2.75) is 19.8 Å². The largest absolute Gasteiger partial charge is 0.452 e. The van der Waals surface area contributed by atoms with Gasteiger partial charge >= 0.3 is 6.09 Å². The first-order valence-electron chi connectivity index (χ1n) is 6.37. The Kier molecular flexibility index (Phi) is 4.02. The van der Waals surface area contributed by atoms with Crippen molar-refractivity contribution >= 4 is 23.4 Å². The normalized spacial score (nSPS) is 14.2. The van der Waals surface area contributed by atoms with Gasteiger partial charge in [0.05, 0.1) is 19.2 Å². The molecule has 0 atom stereocenters. The van der Waals surface area contributed by atoms with E-state index in [-0.39, 0.29) is 5.91 Å². The molecule has 0 fully saturated rings. The van der Waals surface area contributed by atoms with Gasteiger partial charge in [0.2, 0.25) is 5.91 Å². The van der Waals surface area contributed by atoms with Gasteiger partial charge in [-0.3, -0.25) is 4.79 Å². The average molecular weight is 275 g/mol. The number of nitrogens with zero attached hydrogens (tertiary/aromatic N) is 2. The minimum absolute atomic E-state index is 0.0832. The van der Waals surface area contributed by atoms with Crippen LogP contribution in [-0.2, 0) is 16.0 Å². The monoisotopic (exact) mass is 275 g/mol. The molecule has 0 bridgehead atoms. The summed E-state index contributed by atoms with van der Waals surface area (Å²) < 4.78 is 4.47. The van der Waals surface area contributed by atoms with E-state index >= 15 is 0 Å². The predicted octanol–water partition coefficient (Wildman–Crippen LogP) is 1.68. The molecule has 0 spiro atoms. The van der Waals surface area contributed by atoms with Crippen LogP contribution in [0.25, 0.3) is 0 Å². The number of hydrogen-bond donors (Lipinski definition) is 1. The Hall–Kier alpha value is -2.37. The van der Waals surface area contributed by atoms with Gasteiger partial charge in [-0.15, -0.1) is 0 Å². The van der Waals surface area contributed by atoms with Gasteiger partial charge in [0.15, 0.2) is 0 Å². The van der Waals surface area contributed by atoms with Crippen LogP contribution in [-0.4, -0.2) is 31.9 Å². The fraction of sp³-hybridized carbons (Fsp3) is 0.357. The first kappa shape index (κ1) is 14.0. The molecule has 1 N–H and O–H groups in total. The first-order valence-corrected chi connectivity index (χ1v) is 6.37. The highest BCUT2D eigenvalue weighted by Gasteiger charge is 2.24. The lowest BCUT2D eigenvalue weighted by Crippen LogP contribution is -2.20. The van der Waals surface area contributed by atoms with Crippen molar-refractivity contribution in [2.24, 2.45) is 5.10 Å². The minimum atomic E-state index is -0.605. The van der Waals surface area contributed by atoms with Crippen molar-refractivity contribution in [3.8, 4) is 0 Å². The number of amides is 2. The number of hydrogen-bond acceptors (Lipinski definition) is 4. The Morgan fingerprint density at radius 3 is 2.90 bits per heavy atom. The third-order valence-corrected chi connectivity index (χ3v) is 3.29. The maximum atomic E-state index is 11.7. The topological polar surface area (TPSA) is 71.0 Å². The Bertz CT molecular complexity index is 581. The fourth-order valence-corrected chi connectivity index (χ4v) is 2.16. The molecule has 0 unspecified atom stereocenters. The minimum Gasteiger partial charge on any atom is -0.452 e. The summed E-state index contributed by atoms with van der Waals surface area (Å²) in [6.07, 6.45) is 0.459. The van der Waals surface area contributed by atoms with Crippen molar-refractivity contribution in [1.82, 2.24) is 5.43 Å². The molecule has 106 valence electrons. The van der Waals surface area contributed by atoms with E-state index < -0.39 is 6.09 Å². The van der Waals surface area contributed by atoms with Crippen LogP contribution in [0.3, 0.4) is 0 Å². The Morgan fingerprint density at radius 2 is 2.25 bits per heavy atom. The molecular weight excluding hydrogens is 258 g/mol. The van der Waals surface area contributed by atoms with E-state index in [1.54, 1.807) is 11.9 Å². The van der Waals surface area contributed by atoms with E-state index in [1.165, 1.54) is 7.11 Å². The summed E-state index contributed by atoms with van der Waals surface area (Å²) in [7, 11) is 3.05. The molecule has 0 saturated heterocycles. The lowest BCUT2D eigenvalue weighted by molar-refractivity contribution is -0.117. The zero-order chi connectivity index (χ0) is 14.7. The maximum Gasteiger partial charge on any atom is 0.427 e. The lowest BCUT2D eigenvalue weighted by Gasteiger charge is -2.11. The highest BCUT2D eigenvalue weighted by Crippen LogP contribution is 2.28. The number of rotatable bonds is 3. The molecule has 1 aliphatic heterocycles. The van der Waals surface area contributed by atoms with Gasteiger partial charge in [-0.2, -0.15) is 5.10 Å². The number of anilines is 1. The van der Waals surface area contributed by atoms with E-state index in [0.29, 0.717) is 12.8 Å². The first-order chi connectivity index (χ1) is 9.56. The van der Waals surface area contributed by atoms with Crippen molar-refractivity contribution in [3.63, 3.8) is 0 Å². The maximum absolute atomic E-state index is 11.7. The summed E-state index contributed by atoms with van der Waals surface area (Å²) in [6.45, 7) is 1.95. The van der Waals surface area contributed by atoms with Gasteiger partial charge in [0.1, 0.15) is 0 Å². The van der Waals surface area contributed by atoms with Gasteiger partial charge < -0.3 is 9.64 Å². The fourth-order valence-electron chi connectivity index (χ4n) is 2.16. The third-order valence-electron chi connectivity index (χ3n) is 3.29. The Labute approximate surface area is 117 Å². The number of benzene rings is 1. The molecule has 0 radical (unpaired) electrons. The van der Waals surface area contributed by atoms with Crippen molar-refractivity contribution < 1.29 is 14.3 Å². The number of likely N-dealkylation sites (N-methyl/N-ethyl adjacent to an activating group) is 1. The van der Waals surface area contributed by atoms with Crippen LogP contribution in [0.5, 0.6) is 0 Å². The van der Waals surface area contributed by atoms with Gasteiger partial charge in [0, 0.05) is 12.7 Å². The van der Waals surface area contributed by atoms with E-state index in [9.17, 15) is 9.59 Å². The van der Waals surface area contributed by atoms with E-state index in [4.69, 9.17) is 0 Å². The van der Waals surface area contributed by atoms with Crippen molar-refractivity contribution in [1.29, 1.82) is 0 Å². The van der Waals surface area contributed by atoms with Crippen LogP contribution >= 0.6 is 0 Å². The number of hydrazone groups is 1. The van der Waals surface area contributed by atoms with Crippen LogP contribution in [0, 0.1) is 0 Å². The third kappa shape index (κ3) is 2.64. The zero-order valence-electron chi connectivity index (χ0n) is 11.8. The van der Waals surface area contributed by atoms with Crippen LogP contribution < -0.4 is 10.3 Å². The molecular formula is C14H17N3O3. The van der Waals surface area contributed by atoms with Gasteiger partial charge in [-0.1, -0.05) is 13.0 Å². The summed E-state index contributed by atoms with van der Waals surface area (Å²) in [6, 6.07) is 5.74. The van der Waals surface area contributed by atoms with Crippen LogP contribution in [0.2, 0.25) is 0 Å². The smallest absolute Gasteiger partial charge is 0.427 e. The zero-order valence-corrected chi connectivity index (χ0v) is 11.8. The second kappa shape index (κ2) is 5.73. The highest BCUT2D eigenvalue weighted by molar-refractivity contribution is 6.05. The average Bonchev–Trinajstić information content (AvgIpc) is 2.74. The standard InChI is InChI=1S/C14H17N3O3/c1-4-11(15-16-14(19)20-3)9-5-6-12-10(7-9)8-13(18)17(12)2/h5-7H,4,8H2,1-3H3,(H,16,19). The SMILES string of the molecule is CCC(=NNC(=O)OC)c1ccc2c(c1)CC(=O)N2C. The molecule has 0 aromatic heterocycles. The molecule has 20 heavy (non-hydrogen) atoms. The number of ether oxygens (including phenoxy) is 1. The number of nitrogens with one attached hydrogen (secondary N) is 1. The Balaban J connectivity index is 2.27. The van der Waals surface area contributed by atoms with Gasteiger partial charge in [-0.25, -0.2) is 10.2 Å². The van der Waals surface area contributed by atoms with Gasteiger partial charge in [-0.05, 0) is 29.7 Å². The molecule has 1 aromatic rings. The quantitative estimate of drug-likeness (QED) is 0.674. The number of carbonyl (C=O) groups excluding carboxylic acids is 2. The molecule has 6 heteroatoms. The second-order valence-electron chi connectivity index (χ2n) is 4.49. The summed E-state index contributed by atoms with van der Waals surface area (Å²) in [5, 5.41) is 4.04. The van der Waals surface area contributed by atoms with E-state index in [1.807, 2.05) is 25.1 Å². The summed E-state index contributed by atoms with van der Waals surface area (Å²) >= 11 is 0. The van der Waals surface area contributed by atoms with E-state index in [2.05, 4.69) is 15.3 Å². The van der Waals surface area contributed by atoms with Crippen molar-refractivity contribution in [3.05, 3.63) is 29.3 Å². The molecule has 0 aliphatic carbocycles. The molecule has 6 nitrogen and oxygen atoms in total. The summed E-state index contributed by atoms with van der Waals surface area (Å²) in [5.41, 5.74) is 5.85. The number of fused-ring (bicyclic) bond motifs is 1. The lowest BCUT2D eigenvalue weighted by atomic mass is 10.0. The number of carbonyl (C=O) groups is 2. The van der Waals surface area contributed by atoms with Crippen LogP contribution in [0.15, 0.2) is 23.3 Å². The van der Waals surface area contributed by atoms with E-state index in [0.717, 1.165) is 22.5 Å². The van der Waals surface area contributed by atoms with Crippen molar-refractivity contribution in [2.75, 3.05) is 19.1 Å². The highest BCUT2D eigenvalue weighted by atomic mass is 16.5. The Morgan fingerprint density at radius 1 is 1.50 bits per heavy atom. The molecule has 1 heterocycles. The second-order valence-corrected chi connectivity index (χ2v) is 4.49. The molecule has 2 amide bonds. The predicted molar refractivity (Wildman–Crippen MR) is 75.9 cm³/mol. The van der Waals surface area contributed by atoms with Gasteiger partial charge in [0.25, 0.3) is 0 Å².